The van der Waals surface area contributed by atoms with Gasteiger partial charge in [-0.05, 0) is 42.7 Å². The third kappa shape index (κ3) is 3.66. The van der Waals surface area contributed by atoms with Crippen LogP contribution in [0.15, 0.2) is 18.2 Å². The Balaban J connectivity index is 1.88. The van der Waals surface area contributed by atoms with Crippen molar-refractivity contribution in [1.82, 2.24) is 5.32 Å². The van der Waals surface area contributed by atoms with Crippen LogP contribution in [-0.2, 0) is 6.54 Å². The first-order chi connectivity index (χ1) is 8.70. The number of benzene rings is 1. The molecule has 0 saturated heterocycles. The van der Waals surface area contributed by atoms with Gasteiger partial charge in [0.05, 0.1) is 0 Å². The van der Waals surface area contributed by atoms with E-state index in [4.69, 9.17) is 11.6 Å². The van der Waals surface area contributed by atoms with Gasteiger partial charge in [-0.3, -0.25) is 0 Å². The number of aryl methyl sites for hydroxylation is 1. The number of rotatable bonds is 5. The SMILES string of the molecule is CCSC1CCCC1NCc1ccc(C)c(Cl)c1. The van der Waals surface area contributed by atoms with Crippen molar-refractivity contribution < 1.29 is 0 Å². The molecule has 1 saturated carbocycles. The van der Waals surface area contributed by atoms with Gasteiger partial charge in [0.2, 0.25) is 0 Å². The van der Waals surface area contributed by atoms with E-state index < -0.39 is 0 Å². The Bertz CT molecular complexity index is 394. The van der Waals surface area contributed by atoms with E-state index in [2.05, 4.69) is 42.2 Å². The average molecular weight is 284 g/mol. The molecule has 0 amide bonds. The molecule has 0 aliphatic heterocycles. The fourth-order valence-electron chi connectivity index (χ4n) is 2.57. The van der Waals surface area contributed by atoms with Gasteiger partial charge in [0, 0.05) is 22.9 Å². The van der Waals surface area contributed by atoms with Crippen molar-refractivity contribution in [2.75, 3.05) is 5.75 Å². The summed E-state index contributed by atoms with van der Waals surface area (Å²) in [4.78, 5) is 0. The van der Waals surface area contributed by atoms with E-state index in [1.54, 1.807) is 0 Å². The van der Waals surface area contributed by atoms with Gasteiger partial charge >= 0.3 is 0 Å². The average Bonchev–Trinajstić information content (AvgIpc) is 2.79. The lowest BCUT2D eigenvalue weighted by atomic mass is 10.1. The molecule has 2 rings (SSSR count). The minimum absolute atomic E-state index is 0.676. The third-order valence-electron chi connectivity index (χ3n) is 3.64. The molecule has 1 aromatic carbocycles. The zero-order valence-electron chi connectivity index (χ0n) is 11.2. The van der Waals surface area contributed by atoms with Crippen molar-refractivity contribution in [1.29, 1.82) is 0 Å². The van der Waals surface area contributed by atoms with Crippen molar-refractivity contribution in [3.8, 4) is 0 Å². The summed E-state index contributed by atoms with van der Waals surface area (Å²) in [5.74, 6) is 1.22. The molecule has 1 aliphatic carbocycles. The lowest BCUT2D eigenvalue weighted by Gasteiger charge is -2.20. The van der Waals surface area contributed by atoms with Crippen LogP contribution in [0, 0.1) is 6.92 Å². The topological polar surface area (TPSA) is 12.0 Å². The quantitative estimate of drug-likeness (QED) is 0.859. The molecule has 1 aliphatic rings. The summed E-state index contributed by atoms with van der Waals surface area (Å²) in [5, 5.41) is 5.38. The summed E-state index contributed by atoms with van der Waals surface area (Å²) in [6, 6.07) is 7.04. The number of halogens is 1. The molecule has 2 unspecified atom stereocenters. The van der Waals surface area contributed by atoms with Crippen LogP contribution in [0.1, 0.15) is 37.3 Å². The van der Waals surface area contributed by atoms with Gasteiger partial charge in [-0.15, -0.1) is 0 Å². The summed E-state index contributed by atoms with van der Waals surface area (Å²) in [7, 11) is 0. The number of hydrogen-bond acceptors (Lipinski definition) is 2. The fraction of sp³-hybridized carbons (Fsp3) is 0.600. The predicted molar refractivity (Wildman–Crippen MR) is 82.6 cm³/mol. The van der Waals surface area contributed by atoms with Crippen LogP contribution in [0.25, 0.3) is 0 Å². The maximum absolute atomic E-state index is 6.16. The van der Waals surface area contributed by atoms with E-state index >= 15 is 0 Å². The van der Waals surface area contributed by atoms with Crippen LogP contribution in [-0.4, -0.2) is 17.0 Å². The third-order valence-corrected chi connectivity index (χ3v) is 5.37. The van der Waals surface area contributed by atoms with Crippen LogP contribution in [0.5, 0.6) is 0 Å². The molecular weight excluding hydrogens is 262 g/mol. The Hall–Kier alpha value is -0.180. The lowest BCUT2D eigenvalue weighted by molar-refractivity contribution is 0.532. The van der Waals surface area contributed by atoms with E-state index in [9.17, 15) is 0 Å². The van der Waals surface area contributed by atoms with Gasteiger partial charge in [0.1, 0.15) is 0 Å². The summed E-state index contributed by atoms with van der Waals surface area (Å²) < 4.78 is 0. The van der Waals surface area contributed by atoms with Crippen LogP contribution in [0.3, 0.4) is 0 Å². The van der Waals surface area contributed by atoms with Gasteiger partial charge in [-0.2, -0.15) is 11.8 Å². The molecule has 2 atom stereocenters. The van der Waals surface area contributed by atoms with Crippen LogP contribution in [0.2, 0.25) is 5.02 Å². The molecule has 0 spiro atoms. The van der Waals surface area contributed by atoms with Crippen LogP contribution < -0.4 is 5.32 Å². The molecule has 18 heavy (non-hydrogen) atoms. The highest BCUT2D eigenvalue weighted by Gasteiger charge is 2.26. The predicted octanol–water partition coefficient (Wildman–Crippen LogP) is 4.41. The summed E-state index contributed by atoms with van der Waals surface area (Å²) in [6.45, 7) is 5.23. The highest BCUT2D eigenvalue weighted by Crippen LogP contribution is 2.30. The van der Waals surface area contributed by atoms with E-state index in [-0.39, 0.29) is 0 Å². The monoisotopic (exact) mass is 283 g/mol. The first kappa shape index (κ1) is 14.2. The van der Waals surface area contributed by atoms with Gasteiger partial charge < -0.3 is 5.32 Å². The van der Waals surface area contributed by atoms with E-state index in [0.717, 1.165) is 22.4 Å². The molecule has 1 fully saturated rings. The Morgan fingerprint density at radius 3 is 2.94 bits per heavy atom. The summed E-state index contributed by atoms with van der Waals surface area (Å²) in [6.07, 6.45) is 4.05. The minimum Gasteiger partial charge on any atom is -0.309 e. The Morgan fingerprint density at radius 1 is 1.39 bits per heavy atom. The zero-order chi connectivity index (χ0) is 13.0. The molecule has 100 valence electrons. The highest BCUT2D eigenvalue weighted by atomic mass is 35.5. The maximum atomic E-state index is 6.16. The van der Waals surface area contributed by atoms with E-state index in [1.165, 1.54) is 30.6 Å². The molecular formula is C15H22ClNS. The van der Waals surface area contributed by atoms with Crippen molar-refractivity contribution in [2.45, 2.75) is 50.9 Å². The molecule has 0 heterocycles. The highest BCUT2D eigenvalue weighted by molar-refractivity contribution is 7.99. The van der Waals surface area contributed by atoms with Crippen molar-refractivity contribution >= 4 is 23.4 Å². The van der Waals surface area contributed by atoms with Crippen LogP contribution >= 0.6 is 23.4 Å². The molecule has 1 nitrogen and oxygen atoms in total. The Labute approximate surface area is 120 Å². The number of nitrogens with one attached hydrogen (secondary N) is 1. The first-order valence-corrected chi connectivity index (χ1v) is 8.23. The lowest BCUT2D eigenvalue weighted by Crippen LogP contribution is -2.33. The second-order valence-corrected chi connectivity index (χ2v) is 6.92. The van der Waals surface area contributed by atoms with Crippen molar-refractivity contribution in [2.24, 2.45) is 0 Å². The van der Waals surface area contributed by atoms with Gasteiger partial charge in [-0.1, -0.05) is 37.1 Å². The first-order valence-electron chi connectivity index (χ1n) is 6.80. The Morgan fingerprint density at radius 2 is 2.22 bits per heavy atom. The fourth-order valence-corrected chi connectivity index (χ4v) is 4.00. The summed E-state index contributed by atoms with van der Waals surface area (Å²) in [5.41, 5.74) is 2.44. The molecule has 0 bridgehead atoms. The van der Waals surface area contributed by atoms with Crippen molar-refractivity contribution in [3.05, 3.63) is 34.3 Å². The van der Waals surface area contributed by atoms with E-state index in [1.807, 2.05) is 6.92 Å². The minimum atomic E-state index is 0.676. The Kier molecular flexibility index (Phi) is 5.40. The smallest absolute Gasteiger partial charge is 0.0438 e. The van der Waals surface area contributed by atoms with Gasteiger partial charge in [0.25, 0.3) is 0 Å². The van der Waals surface area contributed by atoms with Gasteiger partial charge in [0.15, 0.2) is 0 Å². The largest absolute Gasteiger partial charge is 0.309 e. The maximum Gasteiger partial charge on any atom is 0.0438 e. The second kappa shape index (κ2) is 6.83. The second-order valence-electron chi connectivity index (χ2n) is 5.00. The van der Waals surface area contributed by atoms with E-state index in [0.29, 0.717) is 6.04 Å². The zero-order valence-corrected chi connectivity index (χ0v) is 12.8. The number of thioether (sulfide) groups is 1. The standard InChI is InChI=1S/C15H22ClNS/c1-3-18-15-6-4-5-14(15)17-10-12-8-7-11(2)13(16)9-12/h7-9,14-15,17H,3-6,10H2,1-2H3. The molecule has 0 aromatic heterocycles. The van der Waals surface area contributed by atoms with Crippen LogP contribution in [0.4, 0.5) is 0 Å². The molecule has 0 radical (unpaired) electrons. The molecule has 3 heteroatoms. The number of hydrogen-bond donors (Lipinski definition) is 1. The summed E-state index contributed by atoms with van der Waals surface area (Å²) >= 11 is 8.25. The van der Waals surface area contributed by atoms with Gasteiger partial charge in [-0.25, -0.2) is 0 Å². The molecule has 1 N–H and O–H groups in total. The van der Waals surface area contributed by atoms with Crippen molar-refractivity contribution in [3.63, 3.8) is 0 Å². The normalized spacial score (nSPS) is 23.5. The molecule has 1 aromatic rings.